The van der Waals surface area contributed by atoms with E-state index in [0.717, 1.165) is 25.0 Å². The highest BCUT2D eigenvalue weighted by molar-refractivity contribution is 6.32. The number of hydrogen-bond donors (Lipinski definition) is 1. The zero-order chi connectivity index (χ0) is 24.6. The lowest BCUT2D eigenvalue weighted by Crippen LogP contribution is -2.57. The number of carbonyl (C=O) groups excluding carboxylic acids is 1. The number of nitriles is 1. The van der Waals surface area contributed by atoms with Gasteiger partial charge in [-0.1, -0.05) is 17.7 Å². The number of benzene rings is 2. The van der Waals surface area contributed by atoms with Gasteiger partial charge in [0, 0.05) is 23.1 Å². The lowest BCUT2D eigenvalue weighted by Gasteiger charge is -2.46. The molecule has 0 spiro atoms. The van der Waals surface area contributed by atoms with Crippen LogP contribution in [0.4, 0.5) is 13.2 Å². The molecule has 0 amide bonds. The molecule has 0 saturated carbocycles. The van der Waals surface area contributed by atoms with Crippen LogP contribution in [0.2, 0.25) is 5.02 Å². The van der Waals surface area contributed by atoms with Gasteiger partial charge in [-0.15, -0.1) is 0 Å². The van der Waals surface area contributed by atoms with E-state index in [1.807, 2.05) is 0 Å². The minimum absolute atomic E-state index is 0.0567. The Morgan fingerprint density at radius 1 is 1.15 bits per heavy atom. The Bertz CT molecular complexity index is 1090. The average molecular weight is 479 g/mol. The van der Waals surface area contributed by atoms with Crippen molar-refractivity contribution in [2.75, 3.05) is 0 Å². The summed E-state index contributed by atoms with van der Waals surface area (Å²) in [6.07, 6.45) is -2.59. The van der Waals surface area contributed by atoms with Crippen molar-refractivity contribution >= 4 is 17.4 Å². The molecule has 0 radical (unpaired) electrons. The van der Waals surface area contributed by atoms with Gasteiger partial charge in [-0.2, -0.15) is 18.4 Å². The summed E-state index contributed by atoms with van der Waals surface area (Å²) in [5.74, 6) is -0.0406. The van der Waals surface area contributed by atoms with Gasteiger partial charge in [0.25, 0.3) is 0 Å². The number of ether oxygens (including phenoxy) is 1. The predicted octanol–water partition coefficient (Wildman–Crippen LogP) is 7.15. The number of ketones is 1. The lowest BCUT2D eigenvalue weighted by atomic mass is 9.74. The fourth-order valence-electron chi connectivity index (χ4n) is 4.90. The molecule has 8 heteroatoms. The molecule has 0 aliphatic carbocycles. The van der Waals surface area contributed by atoms with Gasteiger partial charge in [0.05, 0.1) is 10.6 Å². The van der Waals surface area contributed by atoms with E-state index in [1.165, 1.54) is 18.2 Å². The van der Waals surface area contributed by atoms with Gasteiger partial charge in [0.15, 0.2) is 5.78 Å². The molecule has 0 atom stereocenters. The first-order valence-corrected chi connectivity index (χ1v) is 11.0. The molecule has 1 aliphatic heterocycles. The van der Waals surface area contributed by atoms with Crippen molar-refractivity contribution < 1.29 is 22.7 Å². The van der Waals surface area contributed by atoms with Gasteiger partial charge >= 0.3 is 6.18 Å². The lowest BCUT2D eigenvalue weighted by molar-refractivity contribution is -0.137. The SMILES string of the molecule is CC1(C)CC(CC(=O)c2ccc(Oc3cccc(C(F)(F)F)c3C#N)c(Cl)c2)CC(C)(C)N1. The zero-order valence-electron chi connectivity index (χ0n) is 18.9. The van der Waals surface area contributed by atoms with E-state index < -0.39 is 17.3 Å². The van der Waals surface area contributed by atoms with Crippen LogP contribution in [0.15, 0.2) is 36.4 Å². The highest BCUT2D eigenvalue weighted by Crippen LogP contribution is 2.39. The van der Waals surface area contributed by atoms with Crippen molar-refractivity contribution in [3.63, 3.8) is 0 Å². The van der Waals surface area contributed by atoms with Gasteiger partial charge in [-0.3, -0.25) is 4.79 Å². The normalized spacial score (nSPS) is 17.9. The van der Waals surface area contributed by atoms with Gasteiger partial charge < -0.3 is 10.1 Å². The van der Waals surface area contributed by atoms with Crippen molar-refractivity contribution in [1.29, 1.82) is 5.26 Å². The summed E-state index contributed by atoms with van der Waals surface area (Å²) >= 11 is 6.29. The third-order valence-electron chi connectivity index (χ3n) is 5.67. The highest BCUT2D eigenvalue weighted by atomic mass is 35.5. The average Bonchev–Trinajstić information content (AvgIpc) is 2.66. The summed E-state index contributed by atoms with van der Waals surface area (Å²) in [4.78, 5) is 12.9. The summed E-state index contributed by atoms with van der Waals surface area (Å²) < 4.78 is 45.1. The number of Topliss-reactive ketones (excluding diaryl/α,β-unsaturated/α-hetero) is 1. The Balaban J connectivity index is 1.79. The Morgan fingerprint density at radius 2 is 1.79 bits per heavy atom. The second kappa shape index (κ2) is 9.00. The first-order chi connectivity index (χ1) is 15.2. The van der Waals surface area contributed by atoms with Crippen LogP contribution in [0.1, 0.15) is 68.4 Å². The van der Waals surface area contributed by atoms with E-state index in [-0.39, 0.29) is 39.3 Å². The molecule has 4 nitrogen and oxygen atoms in total. The first-order valence-electron chi connectivity index (χ1n) is 10.6. The molecular weight excluding hydrogens is 453 g/mol. The molecule has 3 rings (SSSR count). The van der Waals surface area contributed by atoms with E-state index in [0.29, 0.717) is 12.0 Å². The summed E-state index contributed by atoms with van der Waals surface area (Å²) in [6, 6.07) is 9.23. The topological polar surface area (TPSA) is 62.1 Å². The molecule has 0 aromatic heterocycles. The number of halogens is 4. The maximum Gasteiger partial charge on any atom is 0.417 e. The van der Waals surface area contributed by atoms with Crippen LogP contribution >= 0.6 is 11.6 Å². The number of alkyl halides is 3. The first kappa shape index (κ1) is 25.1. The van der Waals surface area contributed by atoms with Gasteiger partial charge in [0.2, 0.25) is 0 Å². The summed E-state index contributed by atoms with van der Waals surface area (Å²) in [5, 5.41) is 12.9. The number of hydrogen-bond acceptors (Lipinski definition) is 4. The number of piperidine rings is 1. The molecule has 1 aliphatic rings. The Hall–Kier alpha value is -2.56. The number of carbonyl (C=O) groups is 1. The van der Waals surface area contributed by atoms with Crippen molar-refractivity contribution in [1.82, 2.24) is 5.32 Å². The highest BCUT2D eigenvalue weighted by Gasteiger charge is 2.38. The van der Waals surface area contributed by atoms with Crippen LogP contribution in [-0.4, -0.2) is 16.9 Å². The summed E-state index contributed by atoms with van der Waals surface area (Å²) in [5.41, 5.74) is -1.46. The van der Waals surface area contributed by atoms with Gasteiger partial charge in [-0.05, 0) is 76.8 Å². The van der Waals surface area contributed by atoms with E-state index in [9.17, 15) is 23.2 Å². The van der Waals surface area contributed by atoms with E-state index in [1.54, 1.807) is 12.1 Å². The standard InChI is InChI=1S/C25H26ClF3N2O2/c1-23(2)12-15(13-24(3,4)31-23)10-20(32)16-8-9-22(19(26)11-16)33-21-7-5-6-18(17(21)14-30)25(27,28)29/h5-9,11,15,31H,10,12-13H2,1-4H3. The van der Waals surface area contributed by atoms with Gasteiger partial charge in [-0.25, -0.2) is 0 Å². The van der Waals surface area contributed by atoms with Crippen LogP contribution in [0.25, 0.3) is 0 Å². The van der Waals surface area contributed by atoms with Crippen molar-refractivity contribution in [3.05, 3.63) is 58.1 Å². The molecule has 2 aromatic rings. The largest absolute Gasteiger partial charge is 0.454 e. The third-order valence-corrected chi connectivity index (χ3v) is 5.96. The molecule has 1 heterocycles. The Kier molecular flexibility index (Phi) is 6.84. The van der Waals surface area contributed by atoms with E-state index in [2.05, 4.69) is 33.0 Å². The summed E-state index contributed by atoms with van der Waals surface area (Å²) in [7, 11) is 0. The minimum Gasteiger partial charge on any atom is -0.454 e. The number of nitrogens with one attached hydrogen (secondary N) is 1. The maximum absolute atomic E-state index is 13.2. The molecule has 33 heavy (non-hydrogen) atoms. The monoisotopic (exact) mass is 478 g/mol. The molecular formula is C25H26ClF3N2O2. The predicted molar refractivity (Wildman–Crippen MR) is 121 cm³/mol. The smallest absolute Gasteiger partial charge is 0.417 e. The fraction of sp³-hybridized carbons (Fsp3) is 0.440. The summed E-state index contributed by atoms with van der Waals surface area (Å²) in [6.45, 7) is 8.49. The quantitative estimate of drug-likeness (QED) is 0.463. The Labute approximate surface area is 196 Å². The molecule has 1 N–H and O–H groups in total. The van der Waals surface area contributed by atoms with Gasteiger partial charge in [0.1, 0.15) is 23.1 Å². The van der Waals surface area contributed by atoms with Crippen molar-refractivity contribution in [3.8, 4) is 17.6 Å². The fourth-order valence-corrected chi connectivity index (χ4v) is 5.12. The van der Waals surface area contributed by atoms with Crippen LogP contribution in [-0.2, 0) is 6.18 Å². The second-order valence-corrected chi connectivity index (χ2v) is 10.2. The maximum atomic E-state index is 13.2. The van der Waals surface area contributed by atoms with E-state index >= 15 is 0 Å². The van der Waals surface area contributed by atoms with Crippen LogP contribution in [0, 0.1) is 17.2 Å². The molecule has 0 bridgehead atoms. The minimum atomic E-state index is -4.69. The third kappa shape index (κ3) is 6.07. The molecule has 2 aromatic carbocycles. The van der Waals surface area contributed by atoms with E-state index in [4.69, 9.17) is 16.3 Å². The Morgan fingerprint density at radius 3 is 2.33 bits per heavy atom. The van der Waals surface area contributed by atoms with Crippen LogP contribution in [0.3, 0.4) is 0 Å². The number of nitrogens with zero attached hydrogens (tertiary/aromatic N) is 1. The molecule has 1 fully saturated rings. The zero-order valence-corrected chi connectivity index (χ0v) is 19.7. The number of rotatable bonds is 5. The van der Waals surface area contributed by atoms with Crippen molar-refractivity contribution in [2.45, 2.75) is 64.2 Å². The van der Waals surface area contributed by atoms with Crippen LogP contribution in [0.5, 0.6) is 11.5 Å². The molecule has 0 unspecified atom stereocenters. The molecule has 1 saturated heterocycles. The molecule has 176 valence electrons. The van der Waals surface area contributed by atoms with Crippen LogP contribution < -0.4 is 10.1 Å². The second-order valence-electron chi connectivity index (χ2n) is 9.83. The van der Waals surface area contributed by atoms with Crippen molar-refractivity contribution in [2.24, 2.45) is 5.92 Å².